The second-order valence-electron chi connectivity index (χ2n) is 9.49. The third-order valence-corrected chi connectivity index (χ3v) is 6.59. The maximum Gasteiger partial charge on any atom is 0.183 e. The SMILES string of the molecule is COc1ccc(C=Nc2n[nH]c3nc4c(c(-c5ccc(C)cc5)c23)C(C)(C)Oc2ccccc2-4)cc1. The first-order chi connectivity index (χ1) is 17.4. The van der Waals surface area contributed by atoms with Crippen LogP contribution in [-0.4, -0.2) is 28.5 Å². The predicted molar refractivity (Wildman–Crippen MR) is 143 cm³/mol. The molecule has 6 nitrogen and oxygen atoms in total. The fraction of sp³-hybridized carbons (Fsp3) is 0.167. The molecule has 0 aliphatic carbocycles. The number of pyridine rings is 1. The number of aromatic nitrogens is 3. The molecule has 2 aromatic heterocycles. The monoisotopic (exact) mass is 474 g/mol. The number of aliphatic imine (C=N–C) groups is 1. The Morgan fingerprint density at radius 3 is 2.47 bits per heavy atom. The van der Waals surface area contributed by atoms with Crippen LogP contribution in [-0.2, 0) is 5.60 Å². The molecule has 0 amide bonds. The first-order valence-corrected chi connectivity index (χ1v) is 11.9. The van der Waals surface area contributed by atoms with Crippen LogP contribution in [0.4, 0.5) is 5.82 Å². The van der Waals surface area contributed by atoms with Crippen LogP contribution < -0.4 is 9.47 Å². The summed E-state index contributed by atoms with van der Waals surface area (Å²) in [4.78, 5) is 9.84. The van der Waals surface area contributed by atoms with E-state index in [0.717, 1.165) is 50.4 Å². The normalized spacial score (nSPS) is 13.9. The minimum Gasteiger partial charge on any atom is -0.497 e. The van der Waals surface area contributed by atoms with Gasteiger partial charge in [-0.3, -0.25) is 5.10 Å². The second-order valence-corrected chi connectivity index (χ2v) is 9.49. The molecule has 3 heterocycles. The molecule has 0 spiro atoms. The van der Waals surface area contributed by atoms with E-state index in [0.29, 0.717) is 11.5 Å². The van der Waals surface area contributed by atoms with Gasteiger partial charge in [-0.2, -0.15) is 5.10 Å². The molecule has 1 N–H and O–H groups in total. The molecule has 0 radical (unpaired) electrons. The number of hydrogen-bond acceptors (Lipinski definition) is 5. The Kier molecular flexibility index (Phi) is 5.11. The molecule has 5 aromatic rings. The lowest BCUT2D eigenvalue weighted by atomic mass is 9.82. The summed E-state index contributed by atoms with van der Waals surface area (Å²) >= 11 is 0. The number of aromatic amines is 1. The zero-order valence-electron chi connectivity index (χ0n) is 20.7. The average molecular weight is 475 g/mol. The number of ether oxygens (including phenoxy) is 2. The van der Waals surface area contributed by atoms with E-state index >= 15 is 0 Å². The van der Waals surface area contributed by atoms with E-state index in [1.54, 1.807) is 7.11 Å². The first-order valence-electron chi connectivity index (χ1n) is 11.9. The largest absolute Gasteiger partial charge is 0.497 e. The van der Waals surface area contributed by atoms with Crippen molar-refractivity contribution in [3.05, 3.63) is 89.5 Å². The fourth-order valence-corrected chi connectivity index (χ4v) is 4.83. The maximum atomic E-state index is 6.53. The van der Waals surface area contributed by atoms with Crippen molar-refractivity contribution in [2.24, 2.45) is 4.99 Å². The molecule has 36 heavy (non-hydrogen) atoms. The highest BCUT2D eigenvalue weighted by Gasteiger charge is 2.38. The van der Waals surface area contributed by atoms with E-state index in [1.165, 1.54) is 5.56 Å². The Labute approximate surface area is 209 Å². The smallest absolute Gasteiger partial charge is 0.183 e. The summed E-state index contributed by atoms with van der Waals surface area (Å²) in [6, 6.07) is 24.3. The highest BCUT2D eigenvalue weighted by Crippen LogP contribution is 2.50. The van der Waals surface area contributed by atoms with Crippen molar-refractivity contribution in [3.63, 3.8) is 0 Å². The number of para-hydroxylation sites is 1. The summed E-state index contributed by atoms with van der Waals surface area (Å²) in [5.41, 5.74) is 7.24. The molecule has 178 valence electrons. The highest BCUT2D eigenvalue weighted by molar-refractivity contribution is 6.05. The minimum absolute atomic E-state index is 0.585. The summed E-state index contributed by atoms with van der Waals surface area (Å²) in [6.07, 6.45) is 1.81. The van der Waals surface area contributed by atoms with Gasteiger partial charge in [0.1, 0.15) is 17.1 Å². The van der Waals surface area contributed by atoms with Crippen LogP contribution in [0.3, 0.4) is 0 Å². The average Bonchev–Trinajstić information content (AvgIpc) is 3.30. The van der Waals surface area contributed by atoms with Crippen LogP contribution in [0.5, 0.6) is 11.5 Å². The molecule has 0 saturated carbocycles. The van der Waals surface area contributed by atoms with Crippen LogP contribution >= 0.6 is 0 Å². The lowest BCUT2D eigenvalue weighted by Crippen LogP contribution is -2.30. The molecule has 1 aliphatic rings. The van der Waals surface area contributed by atoms with Crippen molar-refractivity contribution in [2.75, 3.05) is 7.11 Å². The van der Waals surface area contributed by atoms with E-state index < -0.39 is 5.60 Å². The molecule has 6 rings (SSSR count). The molecular formula is C30H26N4O2. The summed E-state index contributed by atoms with van der Waals surface area (Å²) in [7, 11) is 1.66. The molecule has 0 bridgehead atoms. The summed E-state index contributed by atoms with van der Waals surface area (Å²) in [6.45, 7) is 6.27. The number of nitrogens with one attached hydrogen (secondary N) is 1. The molecule has 3 aromatic carbocycles. The van der Waals surface area contributed by atoms with Gasteiger partial charge >= 0.3 is 0 Å². The lowest BCUT2D eigenvalue weighted by Gasteiger charge is -2.36. The Morgan fingerprint density at radius 2 is 1.72 bits per heavy atom. The van der Waals surface area contributed by atoms with Gasteiger partial charge in [-0.25, -0.2) is 9.98 Å². The van der Waals surface area contributed by atoms with Crippen molar-refractivity contribution in [2.45, 2.75) is 26.4 Å². The van der Waals surface area contributed by atoms with Crippen molar-refractivity contribution in [1.82, 2.24) is 15.2 Å². The quantitative estimate of drug-likeness (QED) is 0.285. The number of H-pyrrole nitrogens is 1. The molecule has 0 atom stereocenters. The van der Waals surface area contributed by atoms with E-state index in [1.807, 2.05) is 48.7 Å². The van der Waals surface area contributed by atoms with Gasteiger partial charge in [0, 0.05) is 22.9 Å². The van der Waals surface area contributed by atoms with Crippen LogP contribution in [0.25, 0.3) is 33.4 Å². The number of benzene rings is 3. The third kappa shape index (κ3) is 3.62. The van der Waals surface area contributed by atoms with E-state index in [2.05, 4.69) is 61.3 Å². The Hall–Kier alpha value is -4.45. The number of methoxy groups -OCH3 is 1. The van der Waals surface area contributed by atoms with Gasteiger partial charge in [0.15, 0.2) is 11.5 Å². The molecule has 1 aliphatic heterocycles. The van der Waals surface area contributed by atoms with E-state index in [-0.39, 0.29) is 0 Å². The number of fused-ring (bicyclic) bond motifs is 4. The zero-order valence-corrected chi connectivity index (χ0v) is 20.7. The Balaban J connectivity index is 1.62. The van der Waals surface area contributed by atoms with Gasteiger partial charge in [-0.05, 0) is 68.3 Å². The molecule has 0 fully saturated rings. The summed E-state index contributed by atoms with van der Waals surface area (Å²) in [5, 5.41) is 8.58. The lowest BCUT2D eigenvalue weighted by molar-refractivity contribution is 0.106. The van der Waals surface area contributed by atoms with E-state index in [4.69, 9.17) is 19.5 Å². The third-order valence-electron chi connectivity index (χ3n) is 6.59. The predicted octanol–water partition coefficient (Wildman–Crippen LogP) is 6.99. The molecule has 0 unspecified atom stereocenters. The maximum absolute atomic E-state index is 6.53. The van der Waals surface area contributed by atoms with Gasteiger partial charge in [0.05, 0.1) is 18.2 Å². The van der Waals surface area contributed by atoms with Gasteiger partial charge in [-0.15, -0.1) is 0 Å². The van der Waals surface area contributed by atoms with Gasteiger partial charge in [0.2, 0.25) is 0 Å². The summed E-state index contributed by atoms with van der Waals surface area (Å²) in [5.74, 6) is 2.22. The van der Waals surface area contributed by atoms with Crippen LogP contribution in [0, 0.1) is 6.92 Å². The van der Waals surface area contributed by atoms with Crippen LogP contribution in [0.2, 0.25) is 0 Å². The number of hydrogen-bond donors (Lipinski definition) is 1. The van der Waals surface area contributed by atoms with Crippen molar-refractivity contribution >= 4 is 23.1 Å². The zero-order chi connectivity index (χ0) is 24.9. The van der Waals surface area contributed by atoms with Crippen molar-refractivity contribution < 1.29 is 9.47 Å². The van der Waals surface area contributed by atoms with Crippen molar-refractivity contribution in [3.8, 4) is 33.9 Å². The van der Waals surface area contributed by atoms with Gasteiger partial charge < -0.3 is 9.47 Å². The number of rotatable bonds is 4. The van der Waals surface area contributed by atoms with Crippen molar-refractivity contribution in [1.29, 1.82) is 0 Å². The molecule has 0 saturated heterocycles. The highest BCUT2D eigenvalue weighted by atomic mass is 16.5. The van der Waals surface area contributed by atoms with Gasteiger partial charge in [-0.1, -0.05) is 42.0 Å². The minimum atomic E-state index is -0.612. The fourth-order valence-electron chi connectivity index (χ4n) is 4.83. The second kappa shape index (κ2) is 8.34. The van der Waals surface area contributed by atoms with E-state index in [9.17, 15) is 0 Å². The van der Waals surface area contributed by atoms with Crippen LogP contribution in [0.15, 0.2) is 77.8 Å². The Bertz CT molecular complexity index is 1610. The van der Waals surface area contributed by atoms with Gasteiger partial charge in [0.25, 0.3) is 0 Å². The first kappa shape index (κ1) is 22.0. The standard InChI is InChI=1S/C30H26N4O2/c1-18-9-13-20(14-10-18)24-25-28(31-17-19-11-15-21(35-4)16-12-19)33-34-29(25)32-27-22-7-5-6-8-23(22)36-30(2,3)26(24)27/h5-17H,1-4H3,(H,32,33,34). The summed E-state index contributed by atoms with van der Waals surface area (Å²) < 4.78 is 11.8. The molecular weight excluding hydrogens is 448 g/mol. The topological polar surface area (TPSA) is 72.4 Å². The Morgan fingerprint density at radius 1 is 0.972 bits per heavy atom. The van der Waals surface area contributed by atoms with Crippen LogP contribution in [0.1, 0.15) is 30.5 Å². The number of nitrogens with zero attached hydrogens (tertiary/aromatic N) is 3. The number of aryl methyl sites for hydroxylation is 1. The molecule has 6 heteroatoms.